The van der Waals surface area contributed by atoms with Crippen LogP contribution in [0.2, 0.25) is 0 Å². The van der Waals surface area contributed by atoms with Gasteiger partial charge in [0.15, 0.2) is 0 Å². The number of fused-ring (bicyclic) bond motifs is 1. The zero-order chi connectivity index (χ0) is 19.6. The third-order valence-electron chi connectivity index (χ3n) is 5.38. The summed E-state index contributed by atoms with van der Waals surface area (Å²) in [5.41, 5.74) is 6.73. The molecule has 4 aromatic rings. The molecule has 1 aliphatic rings. The minimum Gasteiger partial charge on any atom is -0.346 e. The Balaban J connectivity index is 1.38. The Morgan fingerprint density at radius 1 is 1.03 bits per heavy atom. The van der Waals surface area contributed by atoms with E-state index < -0.39 is 0 Å². The van der Waals surface area contributed by atoms with Gasteiger partial charge in [0.05, 0.1) is 35.4 Å². The molecule has 0 radical (unpaired) electrons. The summed E-state index contributed by atoms with van der Waals surface area (Å²) in [6.45, 7) is 0.403. The fourth-order valence-electron chi connectivity index (χ4n) is 3.98. The first-order valence-corrected chi connectivity index (χ1v) is 9.83. The Morgan fingerprint density at radius 2 is 1.79 bits per heavy atom. The Hall–Kier alpha value is -3.67. The van der Waals surface area contributed by atoms with Crippen LogP contribution in [0, 0.1) is 0 Å². The Bertz CT molecular complexity index is 1140. The average Bonchev–Trinajstić information content (AvgIpc) is 3.50. The number of nitrogens with one attached hydrogen (secondary N) is 2. The van der Waals surface area contributed by atoms with E-state index in [2.05, 4.69) is 27.6 Å². The molecular weight excluding hydrogens is 362 g/mol. The second kappa shape index (κ2) is 7.39. The van der Waals surface area contributed by atoms with Gasteiger partial charge in [0, 0.05) is 11.3 Å². The molecule has 2 heterocycles. The maximum absolute atomic E-state index is 12.8. The summed E-state index contributed by atoms with van der Waals surface area (Å²) in [6.07, 6.45) is 4.73. The van der Waals surface area contributed by atoms with Crippen LogP contribution in [0.15, 0.2) is 66.9 Å². The molecule has 5 rings (SSSR count). The molecule has 2 aromatic carbocycles. The van der Waals surface area contributed by atoms with Gasteiger partial charge in [-0.2, -0.15) is 10.2 Å². The molecule has 2 aromatic heterocycles. The highest BCUT2D eigenvalue weighted by atomic mass is 16.1. The Kier molecular flexibility index (Phi) is 4.44. The molecule has 0 fully saturated rings. The van der Waals surface area contributed by atoms with Crippen LogP contribution in [0.25, 0.3) is 16.9 Å². The van der Waals surface area contributed by atoms with Gasteiger partial charge in [0.25, 0.3) is 5.91 Å². The highest BCUT2D eigenvalue weighted by Crippen LogP contribution is 2.28. The smallest absolute Gasteiger partial charge is 0.255 e. The number of nitrogens with zero attached hydrogens (tertiary/aromatic N) is 3. The number of para-hydroxylation sites is 1. The molecule has 1 aliphatic carbocycles. The van der Waals surface area contributed by atoms with E-state index in [1.165, 1.54) is 11.3 Å². The van der Waals surface area contributed by atoms with E-state index in [0.29, 0.717) is 12.1 Å². The summed E-state index contributed by atoms with van der Waals surface area (Å²) in [4.78, 5) is 12.8. The maximum Gasteiger partial charge on any atom is 0.255 e. The van der Waals surface area contributed by atoms with Crippen LogP contribution in [0.5, 0.6) is 0 Å². The van der Waals surface area contributed by atoms with Gasteiger partial charge < -0.3 is 5.32 Å². The van der Waals surface area contributed by atoms with E-state index in [0.717, 1.165) is 41.9 Å². The fourth-order valence-corrected chi connectivity index (χ4v) is 3.98. The van der Waals surface area contributed by atoms with Crippen molar-refractivity contribution in [1.29, 1.82) is 0 Å². The quantitative estimate of drug-likeness (QED) is 0.552. The van der Waals surface area contributed by atoms with Crippen molar-refractivity contribution in [2.75, 3.05) is 0 Å². The van der Waals surface area contributed by atoms with Crippen molar-refractivity contribution in [3.05, 3.63) is 89.4 Å². The third-order valence-corrected chi connectivity index (χ3v) is 5.38. The van der Waals surface area contributed by atoms with Crippen LogP contribution in [-0.4, -0.2) is 25.9 Å². The summed E-state index contributed by atoms with van der Waals surface area (Å²) in [7, 11) is 0. The van der Waals surface area contributed by atoms with E-state index in [1.807, 2.05) is 53.2 Å². The molecule has 0 saturated carbocycles. The lowest BCUT2D eigenvalue weighted by Gasteiger charge is -2.06. The van der Waals surface area contributed by atoms with E-state index in [4.69, 9.17) is 5.10 Å². The number of hydrogen-bond acceptors (Lipinski definition) is 3. The van der Waals surface area contributed by atoms with Gasteiger partial charge in [-0.1, -0.05) is 48.5 Å². The molecule has 2 N–H and O–H groups in total. The highest BCUT2D eigenvalue weighted by Gasteiger charge is 2.24. The number of H-pyrrole nitrogens is 1. The molecule has 0 spiro atoms. The number of amides is 1. The normalized spacial score (nSPS) is 12.7. The first-order valence-electron chi connectivity index (χ1n) is 9.83. The van der Waals surface area contributed by atoms with E-state index in [9.17, 15) is 4.79 Å². The summed E-state index contributed by atoms with van der Waals surface area (Å²) in [5.74, 6) is -0.154. The van der Waals surface area contributed by atoms with Crippen LogP contribution in [0.1, 0.15) is 33.7 Å². The molecule has 0 unspecified atom stereocenters. The van der Waals surface area contributed by atoms with Crippen LogP contribution in [-0.2, 0) is 19.4 Å². The molecular formula is C23H21N5O. The number of hydrogen-bond donors (Lipinski definition) is 2. The first kappa shape index (κ1) is 17.4. The molecule has 1 amide bonds. The highest BCUT2D eigenvalue weighted by molar-refractivity contribution is 5.99. The van der Waals surface area contributed by atoms with Crippen molar-refractivity contribution < 1.29 is 4.79 Å². The second-order valence-electron chi connectivity index (χ2n) is 7.18. The largest absolute Gasteiger partial charge is 0.346 e. The lowest BCUT2D eigenvalue weighted by atomic mass is 10.1. The lowest BCUT2D eigenvalue weighted by Crippen LogP contribution is -2.23. The maximum atomic E-state index is 12.8. The number of benzene rings is 2. The molecule has 0 atom stereocenters. The Labute approximate surface area is 168 Å². The monoisotopic (exact) mass is 383 g/mol. The van der Waals surface area contributed by atoms with Gasteiger partial charge in [-0.05, 0) is 37.0 Å². The molecule has 144 valence electrons. The minimum absolute atomic E-state index is 0.154. The zero-order valence-corrected chi connectivity index (χ0v) is 15.9. The molecule has 29 heavy (non-hydrogen) atoms. The van der Waals surface area contributed by atoms with Crippen molar-refractivity contribution in [3.63, 3.8) is 0 Å². The van der Waals surface area contributed by atoms with Gasteiger partial charge in [-0.15, -0.1) is 0 Å². The molecule has 0 aliphatic heterocycles. The van der Waals surface area contributed by atoms with Crippen LogP contribution in [0.4, 0.5) is 0 Å². The van der Waals surface area contributed by atoms with Gasteiger partial charge in [0.1, 0.15) is 0 Å². The van der Waals surface area contributed by atoms with E-state index in [1.54, 1.807) is 6.20 Å². The van der Waals surface area contributed by atoms with Crippen molar-refractivity contribution in [1.82, 2.24) is 25.3 Å². The Morgan fingerprint density at radius 3 is 2.59 bits per heavy atom. The number of carbonyl (C=O) groups excluding carboxylic acids is 1. The summed E-state index contributed by atoms with van der Waals surface area (Å²) >= 11 is 0. The second-order valence-corrected chi connectivity index (χ2v) is 7.18. The van der Waals surface area contributed by atoms with E-state index >= 15 is 0 Å². The van der Waals surface area contributed by atoms with Crippen molar-refractivity contribution >= 4 is 5.91 Å². The van der Waals surface area contributed by atoms with Gasteiger partial charge in [-0.25, -0.2) is 4.68 Å². The van der Waals surface area contributed by atoms with Crippen LogP contribution >= 0.6 is 0 Å². The van der Waals surface area contributed by atoms with Crippen LogP contribution < -0.4 is 5.32 Å². The van der Waals surface area contributed by atoms with Crippen molar-refractivity contribution in [3.8, 4) is 16.9 Å². The fraction of sp³-hybridized carbons (Fsp3) is 0.174. The SMILES string of the molecule is O=C(NCc1nn(-c2ccccc2)c2c1CCC2)c1cn[nH]c1-c1ccccc1. The predicted molar refractivity (Wildman–Crippen MR) is 111 cm³/mol. The van der Waals surface area contributed by atoms with E-state index in [-0.39, 0.29) is 5.91 Å². The first-order chi connectivity index (χ1) is 14.3. The summed E-state index contributed by atoms with van der Waals surface area (Å²) < 4.78 is 2.02. The summed E-state index contributed by atoms with van der Waals surface area (Å²) in [6, 6.07) is 19.9. The topological polar surface area (TPSA) is 75.6 Å². The predicted octanol–water partition coefficient (Wildman–Crippen LogP) is 3.68. The average molecular weight is 383 g/mol. The number of carbonyl (C=O) groups is 1. The lowest BCUT2D eigenvalue weighted by molar-refractivity contribution is 0.0951. The third kappa shape index (κ3) is 3.23. The minimum atomic E-state index is -0.154. The molecule has 6 heteroatoms. The van der Waals surface area contributed by atoms with Gasteiger partial charge in [0.2, 0.25) is 0 Å². The van der Waals surface area contributed by atoms with Crippen molar-refractivity contribution in [2.24, 2.45) is 0 Å². The van der Waals surface area contributed by atoms with Crippen LogP contribution in [0.3, 0.4) is 0 Å². The van der Waals surface area contributed by atoms with Crippen molar-refractivity contribution in [2.45, 2.75) is 25.8 Å². The number of aromatic nitrogens is 4. The molecule has 0 bridgehead atoms. The van der Waals surface area contributed by atoms with Gasteiger partial charge >= 0.3 is 0 Å². The summed E-state index contributed by atoms with van der Waals surface area (Å²) in [5, 5.41) is 14.9. The van der Waals surface area contributed by atoms with Gasteiger partial charge in [-0.3, -0.25) is 9.89 Å². The number of aromatic amines is 1. The zero-order valence-electron chi connectivity index (χ0n) is 15.9. The molecule has 6 nitrogen and oxygen atoms in total. The standard InChI is InChI=1S/C23H21N5O/c29-23(19-14-25-26-22(19)16-8-3-1-4-9-16)24-15-20-18-12-7-13-21(18)28(27-20)17-10-5-2-6-11-17/h1-6,8-11,14H,7,12-13,15H2,(H,24,29)(H,25,26). The molecule has 0 saturated heterocycles. The number of rotatable bonds is 5.